The number of alkyl carbamates (subject to hydrolysis) is 2. The van der Waals surface area contributed by atoms with Gasteiger partial charge in [-0.25, -0.2) is 19.6 Å². The maximum Gasteiger partial charge on any atom is 0.407 e. The van der Waals surface area contributed by atoms with Crippen LogP contribution in [-0.2, 0) is 31.9 Å². The average Bonchev–Trinajstić information content (AvgIpc) is 4.20. The third-order valence-corrected chi connectivity index (χ3v) is 14.8. The van der Waals surface area contributed by atoms with Crippen LogP contribution in [0.15, 0.2) is 65.6 Å². The molecule has 3 aromatic carbocycles. The van der Waals surface area contributed by atoms with Gasteiger partial charge in [-0.05, 0) is 126 Å². The summed E-state index contributed by atoms with van der Waals surface area (Å²) >= 11 is 0. The van der Waals surface area contributed by atoms with Crippen molar-refractivity contribution in [2.24, 2.45) is 17.3 Å². The van der Waals surface area contributed by atoms with Gasteiger partial charge in [-0.15, -0.1) is 0 Å². The fourth-order valence-corrected chi connectivity index (χ4v) is 11.2. The van der Waals surface area contributed by atoms with Gasteiger partial charge in [0.25, 0.3) is 5.56 Å². The summed E-state index contributed by atoms with van der Waals surface area (Å²) < 4.78 is 9.59. The lowest BCUT2D eigenvalue weighted by Gasteiger charge is -2.30. The molecule has 1 spiro atoms. The number of imidazole rings is 1. The third kappa shape index (κ3) is 8.92. The largest absolute Gasteiger partial charge is 0.453 e. The maximum atomic E-state index is 14.0. The molecule has 4 aliphatic rings. The number of methoxy groups -OCH3 is 2. The van der Waals surface area contributed by atoms with Crippen molar-refractivity contribution in [1.82, 2.24) is 40.4 Å². The highest BCUT2D eigenvalue weighted by Gasteiger charge is 2.42. The molecule has 0 radical (unpaired) electrons. The molecular weight excluding hydrogens is 849 g/mol. The molecule has 4 N–H and O–H groups in total. The topological polar surface area (TPSA) is 192 Å². The summed E-state index contributed by atoms with van der Waals surface area (Å²) in [6, 6.07) is 16.9. The first-order valence-corrected chi connectivity index (χ1v) is 23.9. The normalized spacial score (nSPS) is 19.6. The summed E-state index contributed by atoms with van der Waals surface area (Å²) in [4.78, 5) is 85.6. The minimum absolute atomic E-state index is 0.120. The molecule has 2 aliphatic heterocycles. The van der Waals surface area contributed by atoms with E-state index in [1.54, 1.807) is 4.90 Å². The predicted octanol–water partition coefficient (Wildman–Crippen LogP) is 8.39. The highest BCUT2D eigenvalue weighted by atomic mass is 16.5. The zero-order valence-electron chi connectivity index (χ0n) is 39.4. The van der Waals surface area contributed by atoms with Crippen LogP contribution in [0.25, 0.3) is 44.4 Å². The Morgan fingerprint density at radius 2 is 1.28 bits per heavy atom. The number of aromatic nitrogens is 4. The van der Waals surface area contributed by atoms with Crippen LogP contribution in [0.5, 0.6) is 0 Å². The second-order valence-electron chi connectivity index (χ2n) is 19.8. The Balaban J connectivity index is 0.989. The molecular formula is C52H62N8O7. The number of hydrogen-bond acceptors (Lipinski definition) is 9. The molecule has 3 fully saturated rings. The van der Waals surface area contributed by atoms with Gasteiger partial charge < -0.3 is 39.9 Å². The van der Waals surface area contributed by atoms with Crippen LogP contribution in [0, 0.1) is 17.3 Å². The second-order valence-corrected chi connectivity index (χ2v) is 19.8. The van der Waals surface area contributed by atoms with E-state index in [0.29, 0.717) is 36.2 Å². The summed E-state index contributed by atoms with van der Waals surface area (Å²) in [7, 11) is 2.57. The number of nitrogens with zero attached hydrogens (tertiary/aromatic N) is 4. The number of carbonyl (C=O) groups is 4. The second kappa shape index (κ2) is 18.6. The lowest BCUT2D eigenvalue weighted by Crippen LogP contribution is -2.51. The first kappa shape index (κ1) is 45.6. The summed E-state index contributed by atoms with van der Waals surface area (Å²) in [6.45, 7) is 8.64. The van der Waals surface area contributed by atoms with Gasteiger partial charge in [0.05, 0.1) is 49.1 Å². The summed E-state index contributed by atoms with van der Waals surface area (Å²) in [5.41, 5.74) is 9.40. The zero-order valence-corrected chi connectivity index (χ0v) is 39.4. The van der Waals surface area contributed by atoms with E-state index < -0.39 is 30.3 Å². The van der Waals surface area contributed by atoms with E-state index >= 15 is 0 Å². The minimum Gasteiger partial charge on any atom is -0.453 e. The number of benzene rings is 3. The van der Waals surface area contributed by atoms with Gasteiger partial charge >= 0.3 is 12.2 Å². The molecule has 67 heavy (non-hydrogen) atoms. The van der Waals surface area contributed by atoms with E-state index in [9.17, 15) is 24.0 Å². The maximum absolute atomic E-state index is 14.0. The van der Waals surface area contributed by atoms with Crippen molar-refractivity contribution in [1.29, 1.82) is 0 Å². The van der Waals surface area contributed by atoms with E-state index in [4.69, 9.17) is 19.4 Å². The number of aromatic amines is 2. The molecule has 2 saturated heterocycles. The number of fused-ring (bicyclic) bond motifs is 2. The summed E-state index contributed by atoms with van der Waals surface area (Å²) in [6.07, 6.45) is 10.5. The van der Waals surface area contributed by atoms with Crippen molar-refractivity contribution in [2.45, 2.75) is 116 Å². The summed E-state index contributed by atoms with van der Waals surface area (Å²) in [5, 5.41) is 5.89. The van der Waals surface area contributed by atoms with Gasteiger partial charge in [0, 0.05) is 13.1 Å². The van der Waals surface area contributed by atoms with Crippen LogP contribution in [0.4, 0.5) is 9.59 Å². The number of carbonyl (C=O) groups excluding carboxylic acids is 4. The van der Waals surface area contributed by atoms with Crippen molar-refractivity contribution >= 4 is 34.9 Å². The number of ether oxygens (including phenoxy) is 2. The minimum atomic E-state index is -0.775. The van der Waals surface area contributed by atoms with Crippen LogP contribution >= 0.6 is 0 Å². The van der Waals surface area contributed by atoms with Crippen molar-refractivity contribution in [3.05, 3.63) is 93.9 Å². The van der Waals surface area contributed by atoms with E-state index in [-0.39, 0.29) is 40.7 Å². The molecule has 15 nitrogen and oxygen atoms in total. The molecule has 0 bridgehead atoms. The van der Waals surface area contributed by atoms with E-state index in [1.165, 1.54) is 51.0 Å². The molecule has 4 amide bonds. The number of hydrogen-bond donors (Lipinski definition) is 4. The lowest BCUT2D eigenvalue weighted by atomic mass is 9.83. The zero-order chi connectivity index (χ0) is 47.1. The van der Waals surface area contributed by atoms with E-state index in [2.05, 4.69) is 63.1 Å². The van der Waals surface area contributed by atoms with E-state index in [0.717, 1.165) is 71.4 Å². The number of nitrogens with one attached hydrogen (secondary N) is 4. The molecule has 15 heteroatoms. The molecule has 2 aliphatic carbocycles. The van der Waals surface area contributed by atoms with E-state index in [1.807, 2.05) is 50.9 Å². The van der Waals surface area contributed by atoms with Gasteiger partial charge in [-0.2, -0.15) is 0 Å². The van der Waals surface area contributed by atoms with Gasteiger partial charge in [0.15, 0.2) is 0 Å². The quantitative estimate of drug-likeness (QED) is 0.101. The molecule has 2 aromatic heterocycles. The number of likely N-dealkylation sites (tertiary alicyclic amines) is 2. The highest BCUT2D eigenvalue weighted by Crippen LogP contribution is 2.52. The van der Waals surface area contributed by atoms with Crippen molar-refractivity contribution in [3.8, 4) is 33.5 Å². The van der Waals surface area contributed by atoms with Crippen molar-refractivity contribution < 1.29 is 28.7 Å². The Labute approximate surface area is 390 Å². The Morgan fingerprint density at radius 3 is 1.88 bits per heavy atom. The van der Waals surface area contributed by atoms with Gasteiger partial charge in [0.1, 0.15) is 23.7 Å². The predicted molar refractivity (Wildman–Crippen MR) is 255 cm³/mol. The smallest absolute Gasteiger partial charge is 0.407 e. The Kier molecular flexibility index (Phi) is 12.7. The number of amides is 4. The van der Waals surface area contributed by atoms with Crippen molar-refractivity contribution in [2.75, 3.05) is 27.3 Å². The number of H-pyrrole nitrogens is 2. The van der Waals surface area contributed by atoms with Crippen LogP contribution in [0.1, 0.15) is 114 Å². The molecule has 4 heterocycles. The van der Waals surface area contributed by atoms with Crippen LogP contribution in [0.2, 0.25) is 0 Å². The van der Waals surface area contributed by atoms with Crippen molar-refractivity contribution in [3.63, 3.8) is 0 Å². The summed E-state index contributed by atoms with van der Waals surface area (Å²) in [5.74, 6) is 0.493. The van der Waals surface area contributed by atoms with Gasteiger partial charge in [-0.3, -0.25) is 14.4 Å². The SMILES string of the molecule is COC(=O)N[C@H](C(=O)N1CCC[C@H]1c1ncc(-c2ccc(-c3cc4c(c(-c5ccc6nc([C@@H]7CCCN7C(=O)[C@@H](NC(=O)OC)C(C)C)[nH]c(=O)c6c5)c3)CC3(CCCC3)C4)cc2)[nH]1)C(C)C. The molecule has 0 unspecified atom stereocenters. The first-order chi connectivity index (χ1) is 32.3. The lowest BCUT2D eigenvalue weighted by molar-refractivity contribution is -0.136. The van der Waals surface area contributed by atoms with Crippen LogP contribution in [-0.4, -0.2) is 93.1 Å². The first-order valence-electron chi connectivity index (χ1n) is 23.9. The Morgan fingerprint density at radius 1 is 0.701 bits per heavy atom. The molecule has 1 saturated carbocycles. The molecule has 352 valence electrons. The fraction of sp³-hybridized carbons (Fsp3) is 0.481. The third-order valence-electron chi connectivity index (χ3n) is 14.8. The Hall–Kier alpha value is -6.51. The van der Waals surface area contributed by atoms with Crippen LogP contribution < -0.4 is 16.2 Å². The molecule has 9 rings (SSSR count). The standard InChI is InChI=1S/C52H62N8O7/c1-29(2)43(56-50(64)66-5)48(62)59-21-9-11-41(59)45-53-28-40(55-45)32-15-13-31(14-16-32)34-23-35-26-52(19-7-8-20-52)27-38(35)36(25-34)33-17-18-39-37(24-33)47(61)58-46(54-39)42-12-10-22-60(42)49(63)44(30(3)4)57-51(65)67-6/h13-18,23-25,28-30,41-44H,7-12,19-22,26-27H2,1-6H3,(H,53,55)(H,56,64)(H,57,65)(H,54,58,61)/t41-,42-,43-,44-/m0/s1. The highest BCUT2D eigenvalue weighted by molar-refractivity contribution is 5.89. The van der Waals surface area contributed by atoms with Crippen LogP contribution in [0.3, 0.4) is 0 Å². The monoisotopic (exact) mass is 910 g/mol. The van der Waals surface area contributed by atoms with Gasteiger partial charge in [0.2, 0.25) is 11.8 Å². The number of rotatable bonds is 11. The van der Waals surface area contributed by atoms with Gasteiger partial charge in [-0.1, -0.05) is 76.9 Å². The Bertz CT molecular complexity index is 2750. The average molecular weight is 911 g/mol. The molecule has 4 atom stereocenters. The fourth-order valence-electron chi connectivity index (χ4n) is 11.2. The molecule has 5 aromatic rings.